The van der Waals surface area contributed by atoms with Gasteiger partial charge in [0.2, 0.25) is 0 Å². The van der Waals surface area contributed by atoms with Gasteiger partial charge >= 0.3 is 6.18 Å². The van der Waals surface area contributed by atoms with Crippen molar-refractivity contribution in [2.24, 2.45) is 5.92 Å². The van der Waals surface area contributed by atoms with Crippen molar-refractivity contribution in [3.05, 3.63) is 73.2 Å². The molecule has 210 valence electrons. The van der Waals surface area contributed by atoms with Gasteiger partial charge in [0.15, 0.2) is 15.6 Å². The van der Waals surface area contributed by atoms with E-state index in [2.05, 4.69) is 0 Å². The zero-order chi connectivity index (χ0) is 29.2. The number of Topliss-reactive ketones (excluding diaryl/α,β-unsaturated/α-hetero) is 1. The fraction of sp³-hybridized carbons (Fsp3) is 0.375. The topological polar surface area (TPSA) is 51.2 Å². The second-order valence-corrected chi connectivity index (χ2v) is 12.6. The molecule has 0 radical (unpaired) electrons. The molecule has 0 saturated carbocycles. The molecule has 1 unspecified atom stereocenters. The molecule has 0 saturated heterocycles. The Morgan fingerprint density at radius 3 is 2.00 bits per heavy atom. The summed E-state index contributed by atoms with van der Waals surface area (Å²) in [4.78, 5) is 12.6. The molecule has 2 aromatic rings. The van der Waals surface area contributed by atoms with E-state index in [0.29, 0.717) is 13.0 Å². The lowest BCUT2D eigenvalue weighted by Crippen LogP contribution is -2.28. The smallest absolute Gasteiger partial charge is 0.294 e. The Hall–Kier alpha value is -1.46. The van der Waals surface area contributed by atoms with Crippen LogP contribution in [0.5, 0.6) is 0 Å². The van der Waals surface area contributed by atoms with Crippen LogP contribution >= 0.6 is 46.4 Å². The summed E-state index contributed by atoms with van der Waals surface area (Å²) in [6, 6.07) is 5.49. The van der Waals surface area contributed by atoms with Crippen molar-refractivity contribution in [3.8, 4) is 0 Å². The van der Waals surface area contributed by atoms with Crippen molar-refractivity contribution < 1.29 is 39.6 Å². The maximum atomic E-state index is 15.1. The molecule has 14 heteroatoms. The minimum absolute atomic E-state index is 0.0565. The number of hydrogen-bond donors (Lipinski definition) is 0. The highest BCUT2D eigenvalue weighted by Crippen LogP contribution is 2.41. The Morgan fingerprint density at radius 2 is 1.53 bits per heavy atom. The summed E-state index contributed by atoms with van der Waals surface area (Å²) in [6.45, 7) is 1.86. The highest BCUT2D eigenvalue weighted by atomic mass is 35.5. The van der Waals surface area contributed by atoms with E-state index in [1.807, 2.05) is 0 Å². The lowest BCUT2D eigenvalue weighted by molar-refractivity contribution is -0.106. The predicted octanol–water partition coefficient (Wildman–Crippen LogP) is 9.24. The molecule has 0 amide bonds. The molecule has 0 heterocycles. The van der Waals surface area contributed by atoms with E-state index in [1.54, 1.807) is 0 Å². The quantitative estimate of drug-likeness (QED) is 0.147. The van der Waals surface area contributed by atoms with Crippen molar-refractivity contribution in [2.75, 3.05) is 11.5 Å². The normalized spacial score (nSPS) is 14.9. The lowest BCUT2D eigenvalue weighted by atomic mass is 9.91. The molecule has 0 aliphatic rings. The molecule has 0 aromatic heterocycles. The first-order chi connectivity index (χ1) is 17.2. The summed E-state index contributed by atoms with van der Waals surface area (Å²) in [7, 11) is -4.50. The van der Waals surface area contributed by atoms with Gasteiger partial charge in [-0.05, 0) is 41.8 Å². The highest BCUT2D eigenvalue weighted by molar-refractivity contribution is 7.91. The third-order valence-corrected chi connectivity index (χ3v) is 8.58. The van der Waals surface area contributed by atoms with Gasteiger partial charge in [-0.15, -0.1) is 0 Å². The van der Waals surface area contributed by atoms with Crippen LogP contribution in [0.2, 0.25) is 20.1 Å². The van der Waals surface area contributed by atoms with E-state index >= 15 is 4.39 Å². The maximum absolute atomic E-state index is 15.1. The largest absolute Gasteiger partial charge is 0.402 e. The molecule has 0 aliphatic heterocycles. The average molecular weight is 644 g/mol. The number of hydrogen-bond acceptors (Lipinski definition) is 3. The highest BCUT2D eigenvalue weighted by Gasteiger charge is 2.36. The first kappa shape index (κ1) is 32.8. The lowest BCUT2D eigenvalue weighted by Gasteiger charge is -2.22. The number of ketones is 1. The Bertz CT molecular complexity index is 1310. The van der Waals surface area contributed by atoms with Crippen LogP contribution in [0.15, 0.2) is 36.4 Å². The van der Waals surface area contributed by atoms with E-state index in [1.165, 1.54) is 6.92 Å². The minimum atomic E-state index is -4.91. The number of sulfone groups is 1. The van der Waals surface area contributed by atoms with Crippen LogP contribution in [0.1, 0.15) is 47.7 Å². The maximum Gasteiger partial charge on any atom is 0.402 e. The summed E-state index contributed by atoms with van der Waals surface area (Å²) in [5, 5.41) is -0.537. The number of carbonyl (C=O) groups is 1. The molecule has 0 bridgehead atoms. The third kappa shape index (κ3) is 9.33. The predicted molar refractivity (Wildman–Crippen MR) is 138 cm³/mol. The van der Waals surface area contributed by atoms with Gasteiger partial charge in [-0.1, -0.05) is 59.4 Å². The SMILES string of the molecule is C[C@@H](CC(=O)c1ccc(/C(F)=C/C(c2cc(Cl)c(Cl)c(Cl)c2)C(C)(F)F)cc1Cl)CS(=O)(=O)CC(F)(F)F. The monoisotopic (exact) mass is 642 g/mol. The molecule has 2 aromatic carbocycles. The van der Waals surface area contributed by atoms with E-state index in [0.717, 1.165) is 30.3 Å². The van der Waals surface area contributed by atoms with Crippen LogP contribution in [0, 0.1) is 5.92 Å². The second kappa shape index (κ2) is 12.4. The Labute approximate surface area is 235 Å². The first-order valence-corrected chi connectivity index (χ1v) is 14.0. The fourth-order valence-electron chi connectivity index (χ4n) is 3.65. The van der Waals surface area contributed by atoms with Crippen LogP contribution in [-0.4, -0.2) is 37.8 Å². The number of benzene rings is 2. The van der Waals surface area contributed by atoms with Gasteiger partial charge in [-0.3, -0.25) is 4.79 Å². The van der Waals surface area contributed by atoms with E-state index in [-0.39, 0.29) is 36.8 Å². The molecule has 3 nitrogen and oxygen atoms in total. The van der Waals surface area contributed by atoms with Gasteiger partial charge in [0, 0.05) is 24.5 Å². The zero-order valence-corrected chi connectivity index (χ0v) is 23.5. The number of allylic oxidation sites excluding steroid dienone is 1. The standard InChI is InChI=1S/C24H20Cl4F6O3S/c1-12(10-38(36,37)11-24(32,33)34)5-21(35)15-4-3-13(6-17(15)25)20(29)9-16(23(2,30)31)14-7-18(26)22(28)19(27)8-14/h3-4,6-9,12,16H,5,10-11H2,1-2H3/b20-9-/t12-,16?/m0/s1. The number of alkyl halides is 5. The molecule has 0 N–H and O–H groups in total. The number of carbonyl (C=O) groups excluding carboxylic acids is 1. The number of halogens is 10. The molecule has 0 aliphatic carbocycles. The molecule has 0 fully saturated rings. The van der Waals surface area contributed by atoms with Gasteiger partial charge in [-0.2, -0.15) is 13.2 Å². The van der Waals surface area contributed by atoms with Crippen molar-refractivity contribution in [1.29, 1.82) is 0 Å². The van der Waals surface area contributed by atoms with Gasteiger partial charge in [0.1, 0.15) is 11.6 Å². The summed E-state index contributed by atoms with van der Waals surface area (Å²) >= 11 is 23.8. The molecule has 38 heavy (non-hydrogen) atoms. The Kier molecular flexibility index (Phi) is 10.7. The third-order valence-electron chi connectivity index (χ3n) is 5.23. The first-order valence-electron chi connectivity index (χ1n) is 10.7. The summed E-state index contributed by atoms with van der Waals surface area (Å²) in [6.07, 6.45) is -4.72. The Morgan fingerprint density at radius 1 is 0.974 bits per heavy atom. The van der Waals surface area contributed by atoms with Gasteiger partial charge < -0.3 is 0 Å². The molecule has 0 spiro atoms. The molecule has 2 atom stereocenters. The van der Waals surface area contributed by atoms with Crippen LogP contribution in [0.4, 0.5) is 26.3 Å². The van der Waals surface area contributed by atoms with Crippen molar-refractivity contribution >= 4 is 67.9 Å². The van der Waals surface area contributed by atoms with Crippen LogP contribution in [0.3, 0.4) is 0 Å². The average Bonchev–Trinajstić information content (AvgIpc) is 2.71. The summed E-state index contributed by atoms with van der Waals surface area (Å²) in [5.74, 6) is -10.9. The van der Waals surface area contributed by atoms with Crippen molar-refractivity contribution in [1.82, 2.24) is 0 Å². The van der Waals surface area contributed by atoms with Crippen LogP contribution < -0.4 is 0 Å². The van der Waals surface area contributed by atoms with Gasteiger partial charge in [0.25, 0.3) is 5.92 Å². The van der Waals surface area contributed by atoms with Gasteiger partial charge in [0.05, 0.1) is 31.8 Å². The van der Waals surface area contributed by atoms with Crippen LogP contribution in [-0.2, 0) is 9.84 Å². The fourth-order valence-corrected chi connectivity index (χ4v) is 6.15. The molecular formula is C24H20Cl4F6O3S. The van der Waals surface area contributed by atoms with E-state index in [4.69, 9.17) is 46.4 Å². The molecular weight excluding hydrogens is 624 g/mol. The van der Waals surface area contributed by atoms with E-state index < -0.39 is 63.3 Å². The van der Waals surface area contributed by atoms with E-state index in [9.17, 15) is 35.2 Å². The van der Waals surface area contributed by atoms with Gasteiger partial charge in [-0.25, -0.2) is 21.6 Å². The summed E-state index contributed by atoms with van der Waals surface area (Å²) in [5.41, 5.74) is -0.496. The number of rotatable bonds is 10. The molecule has 2 rings (SSSR count). The van der Waals surface area contributed by atoms with Crippen LogP contribution in [0.25, 0.3) is 5.83 Å². The zero-order valence-electron chi connectivity index (χ0n) is 19.7. The Balaban J connectivity index is 2.28. The minimum Gasteiger partial charge on any atom is -0.294 e. The second-order valence-electron chi connectivity index (χ2n) is 8.84. The van der Waals surface area contributed by atoms with Crippen molar-refractivity contribution in [2.45, 2.75) is 38.3 Å². The van der Waals surface area contributed by atoms with Crippen molar-refractivity contribution in [3.63, 3.8) is 0 Å². The summed E-state index contributed by atoms with van der Waals surface area (Å²) < 4.78 is 104.